The zero-order chi connectivity index (χ0) is 14.0. The minimum absolute atomic E-state index is 0.437. The van der Waals surface area contributed by atoms with Crippen LogP contribution in [0.4, 0.5) is 0 Å². The third kappa shape index (κ3) is 2.33. The van der Waals surface area contributed by atoms with Gasteiger partial charge in [0.05, 0.1) is 12.7 Å². The number of rotatable bonds is 6. The van der Waals surface area contributed by atoms with Crippen molar-refractivity contribution in [2.24, 2.45) is 5.41 Å². The van der Waals surface area contributed by atoms with Crippen LogP contribution in [-0.2, 0) is 11.3 Å². The van der Waals surface area contributed by atoms with Crippen molar-refractivity contribution in [2.75, 3.05) is 13.7 Å². The largest absolute Gasteiger partial charge is 0.494 e. The van der Waals surface area contributed by atoms with Gasteiger partial charge in [0.1, 0.15) is 5.75 Å². The van der Waals surface area contributed by atoms with E-state index in [4.69, 9.17) is 9.47 Å². The topological polar surface area (TPSA) is 30.5 Å². The standard InChI is InChI=1S/C17H25NO2/c1-3-20-14-7-4-6-13(10-14)12-18-15-11-16(19-2)17(15)8-5-9-17/h4,6-7,10,15-16,18H,3,5,8-9,11-12H2,1-2H3. The van der Waals surface area contributed by atoms with Crippen LogP contribution in [0.2, 0.25) is 0 Å². The molecule has 1 N–H and O–H groups in total. The highest BCUT2D eigenvalue weighted by Crippen LogP contribution is 2.57. The Morgan fingerprint density at radius 3 is 2.85 bits per heavy atom. The fraction of sp³-hybridized carbons (Fsp3) is 0.647. The molecule has 0 aliphatic heterocycles. The zero-order valence-electron chi connectivity index (χ0n) is 12.5. The number of benzene rings is 1. The first-order valence-corrected chi connectivity index (χ1v) is 7.76. The normalized spacial score (nSPS) is 26.9. The molecule has 1 spiro atoms. The molecule has 0 saturated heterocycles. The van der Waals surface area contributed by atoms with Crippen LogP contribution in [0, 0.1) is 5.41 Å². The molecule has 2 aliphatic rings. The minimum Gasteiger partial charge on any atom is -0.494 e. The first-order chi connectivity index (χ1) is 9.78. The Morgan fingerprint density at radius 2 is 2.20 bits per heavy atom. The monoisotopic (exact) mass is 275 g/mol. The van der Waals surface area contributed by atoms with Crippen molar-refractivity contribution < 1.29 is 9.47 Å². The quantitative estimate of drug-likeness (QED) is 0.865. The van der Waals surface area contributed by atoms with Crippen LogP contribution < -0.4 is 10.1 Å². The van der Waals surface area contributed by atoms with E-state index in [0.717, 1.165) is 25.3 Å². The van der Waals surface area contributed by atoms with Crippen molar-refractivity contribution in [3.05, 3.63) is 29.8 Å². The maximum absolute atomic E-state index is 5.62. The van der Waals surface area contributed by atoms with E-state index in [9.17, 15) is 0 Å². The summed E-state index contributed by atoms with van der Waals surface area (Å²) in [5.41, 5.74) is 1.73. The molecule has 20 heavy (non-hydrogen) atoms. The van der Waals surface area contributed by atoms with Crippen molar-refractivity contribution in [1.29, 1.82) is 0 Å². The van der Waals surface area contributed by atoms with E-state index < -0.39 is 0 Å². The Balaban J connectivity index is 1.56. The molecule has 0 heterocycles. The van der Waals surface area contributed by atoms with Crippen LogP contribution in [0.15, 0.2) is 24.3 Å². The van der Waals surface area contributed by atoms with Gasteiger partial charge in [-0.25, -0.2) is 0 Å². The second kappa shape index (κ2) is 5.74. The van der Waals surface area contributed by atoms with Crippen LogP contribution in [-0.4, -0.2) is 25.9 Å². The highest BCUT2D eigenvalue weighted by atomic mass is 16.5. The van der Waals surface area contributed by atoms with Gasteiger partial charge in [-0.05, 0) is 43.9 Å². The van der Waals surface area contributed by atoms with Crippen molar-refractivity contribution >= 4 is 0 Å². The zero-order valence-corrected chi connectivity index (χ0v) is 12.5. The average molecular weight is 275 g/mol. The van der Waals surface area contributed by atoms with E-state index in [0.29, 0.717) is 17.6 Å². The summed E-state index contributed by atoms with van der Waals surface area (Å²) >= 11 is 0. The number of nitrogens with one attached hydrogen (secondary N) is 1. The van der Waals surface area contributed by atoms with Gasteiger partial charge in [-0.15, -0.1) is 0 Å². The fourth-order valence-electron chi connectivity index (χ4n) is 3.77. The second-order valence-electron chi connectivity index (χ2n) is 6.06. The lowest BCUT2D eigenvalue weighted by molar-refractivity contribution is -0.161. The van der Waals surface area contributed by atoms with E-state index >= 15 is 0 Å². The molecule has 2 unspecified atom stereocenters. The van der Waals surface area contributed by atoms with Gasteiger partial charge in [-0.3, -0.25) is 0 Å². The van der Waals surface area contributed by atoms with E-state index in [1.807, 2.05) is 20.1 Å². The van der Waals surface area contributed by atoms with Crippen LogP contribution in [0.25, 0.3) is 0 Å². The molecule has 0 radical (unpaired) electrons. The highest BCUT2D eigenvalue weighted by Gasteiger charge is 2.58. The van der Waals surface area contributed by atoms with Crippen molar-refractivity contribution in [1.82, 2.24) is 5.32 Å². The van der Waals surface area contributed by atoms with E-state index in [1.165, 1.54) is 24.8 Å². The molecule has 3 heteroatoms. The first kappa shape index (κ1) is 13.9. The lowest BCUT2D eigenvalue weighted by Crippen LogP contribution is -2.66. The summed E-state index contributed by atoms with van der Waals surface area (Å²) in [5.74, 6) is 0.966. The van der Waals surface area contributed by atoms with Gasteiger partial charge in [0.15, 0.2) is 0 Å². The maximum Gasteiger partial charge on any atom is 0.119 e. The highest BCUT2D eigenvalue weighted by molar-refractivity contribution is 5.28. The number of ether oxygens (including phenoxy) is 2. The molecule has 2 atom stereocenters. The number of hydrogen-bond acceptors (Lipinski definition) is 3. The van der Waals surface area contributed by atoms with Gasteiger partial charge in [-0.2, -0.15) is 0 Å². The Morgan fingerprint density at radius 1 is 1.35 bits per heavy atom. The van der Waals surface area contributed by atoms with E-state index in [2.05, 4.69) is 23.5 Å². The molecule has 0 aromatic heterocycles. The van der Waals surface area contributed by atoms with Gasteiger partial charge in [-0.1, -0.05) is 18.6 Å². The summed E-state index contributed by atoms with van der Waals surface area (Å²) in [4.78, 5) is 0. The third-order valence-corrected chi connectivity index (χ3v) is 5.12. The van der Waals surface area contributed by atoms with Crippen LogP contribution >= 0.6 is 0 Å². The maximum atomic E-state index is 5.62. The molecule has 0 amide bonds. The van der Waals surface area contributed by atoms with E-state index in [-0.39, 0.29) is 0 Å². The Labute approximate surface area is 121 Å². The average Bonchev–Trinajstić information content (AvgIpc) is 2.37. The predicted octanol–water partition coefficient (Wildman–Crippen LogP) is 3.13. The van der Waals surface area contributed by atoms with Gasteiger partial charge < -0.3 is 14.8 Å². The lowest BCUT2D eigenvalue weighted by atomic mass is 9.51. The summed E-state index contributed by atoms with van der Waals surface area (Å²) < 4.78 is 11.2. The molecule has 2 fully saturated rings. The lowest BCUT2D eigenvalue weighted by Gasteiger charge is -2.61. The molecule has 2 aliphatic carbocycles. The van der Waals surface area contributed by atoms with E-state index in [1.54, 1.807) is 0 Å². The third-order valence-electron chi connectivity index (χ3n) is 5.12. The summed E-state index contributed by atoms with van der Waals surface area (Å²) in [6, 6.07) is 9.01. The Kier molecular flexibility index (Phi) is 3.99. The summed E-state index contributed by atoms with van der Waals surface area (Å²) in [7, 11) is 1.85. The second-order valence-corrected chi connectivity index (χ2v) is 6.06. The molecular formula is C17H25NO2. The van der Waals surface area contributed by atoms with Crippen molar-refractivity contribution in [3.8, 4) is 5.75 Å². The van der Waals surface area contributed by atoms with Gasteiger partial charge in [0, 0.05) is 25.1 Å². The fourth-order valence-corrected chi connectivity index (χ4v) is 3.77. The van der Waals surface area contributed by atoms with Crippen molar-refractivity contribution in [3.63, 3.8) is 0 Å². The minimum atomic E-state index is 0.437. The molecule has 3 rings (SSSR count). The summed E-state index contributed by atoms with van der Waals surface area (Å²) in [6.07, 6.45) is 5.63. The predicted molar refractivity (Wildman–Crippen MR) is 79.9 cm³/mol. The van der Waals surface area contributed by atoms with Crippen LogP contribution in [0.1, 0.15) is 38.2 Å². The SMILES string of the molecule is CCOc1cccc(CNC2CC(OC)C23CCC3)c1. The van der Waals surface area contributed by atoms with Crippen molar-refractivity contribution in [2.45, 2.75) is 51.3 Å². The summed E-state index contributed by atoms with van der Waals surface area (Å²) in [6.45, 7) is 3.66. The molecule has 0 bridgehead atoms. The first-order valence-electron chi connectivity index (χ1n) is 7.76. The van der Waals surface area contributed by atoms with Gasteiger partial charge in [0.25, 0.3) is 0 Å². The van der Waals surface area contributed by atoms with Crippen LogP contribution in [0.3, 0.4) is 0 Å². The molecule has 110 valence electrons. The molecule has 1 aromatic carbocycles. The number of hydrogen-bond donors (Lipinski definition) is 1. The Bertz CT molecular complexity index is 456. The molecule has 2 saturated carbocycles. The smallest absolute Gasteiger partial charge is 0.119 e. The molecular weight excluding hydrogens is 250 g/mol. The van der Waals surface area contributed by atoms with Gasteiger partial charge >= 0.3 is 0 Å². The molecule has 1 aromatic rings. The van der Waals surface area contributed by atoms with Gasteiger partial charge in [0.2, 0.25) is 0 Å². The Hall–Kier alpha value is -1.06. The number of methoxy groups -OCH3 is 1. The summed E-state index contributed by atoms with van der Waals surface area (Å²) in [5, 5.41) is 3.73. The van der Waals surface area contributed by atoms with Crippen LogP contribution in [0.5, 0.6) is 5.75 Å². The molecule has 3 nitrogen and oxygen atoms in total.